The number of nitrogens with one attached hydrogen (secondary N) is 2. The van der Waals surface area contributed by atoms with Crippen LogP contribution in [0.15, 0.2) is 17.5 Å². The zero-order chi connectivity index (χ0) is 14.8. The van der Waals surface area contributed by atoms with Crippen LogP contribution in [0, 0.1) is 0 Å². The molecule has 2 unspecified atom stereocenters. The van der Waals surface area contributed by atoms with Gasteiger partial charge in [0, 0.05) is 17.5 Å². The first-order valence-electron chi connectivity index (χ1n) is 7.76. The fourth-order valence-corrected chi connectivity index (χ4v) is 3.02. The summed E-state index contributed by atoms with van der Waals surface area (Å²) in [5.74, 6) is 0.110. The van der Waals surface area contributed by atoms with E-state index in [9.17, 15) is 4.79 Å². The summed E-state index contributed by atoms with van der Waals surface area (Å²) in [6.07, 6.45) is 5.60. The van der Waals surface area contributed by atoms with E-state index in [1.54, 1.807) is 11.3 Å². The van der Waals surface area contributed by atoms with Crippen molar-refractivity contribution in [1.82, 2.24) is 10.6 Å². The number of rotatable bonds is 10. The van der Waals surface area contributed by atoms with Crippen molar-refractivity contribution in [2.45, 2.75) is 65.0 Å². The lowest BCUT2D eigenvalue weighted by atomic mass is 10.1. The van der Waals surface area contributed by atoms with Gasteiger partial charge in [-0.1, -0.05) is 39.2 Å². The normalized spacial score (nSPS) is 13.9. The van der Waals surface area contributed by atoms with E-state index in [4.69, 9.17) is 0 Å². The molecular weight excluding hydrogens is 268 g/mol. The number of hydrogen-bond donors (Lipinski definition) is 2. The third-order valence-corrected chi connectivity index (χ3v) is 4.37. The van der Waals surface area contributed by atoms with Crippen molar-refractivity contribution in [2.24, 2.45) is 0 Å². The summed E-state index contributed by atoms with van der Waals surface area (Å²) >= 11 is 1.75. The minimum Gasteiger partial charge on any atom is -0.355 e. The van der Waals surface area contributed by atoms with Crippen LogP contribution in [-0.2, 0) is 4.79 Å². The Balaban J connectivity index is 2.41. The smallest absolute Gasteiger partial charge is 0.236 e. The molecule has 114 valence electrons. The maximum atomic E-state index is 12.0. The maximum Gasteiger partial charge on any atom is 0.236 e. The number of amides is 1. The Bertz CT molecular complexity index is 365. The van der Waals surface area contributed by atoms with E-state index < -0.39 is 0 Å². The Morgan fingerprint density at radius 3 is 2.70 bits per heavy atom. The van der Waals surface area contributed by atoms with E-state index in [0.29, 0.717) is 0 Å². The number of thiophene rings is 1. The molecule has 0 saturated heterocycles. The molecule has 0 fully saturated rings. The Labute approximate surface area is 127 Å². The molecule has 0 aliphatic rings. The van der Waals surface area contributed by atoms with E-state index >= 15 is 0 Å². The first kappa shape index (κ1) is 17.2. The predicted molar refractivity (Wildman–Crippen MR) is 87.1 cm³/mol. The van der Waals surface area contributed by atoms with Gasteiger partial charge in [0.15, 0.2) is 0 Å². The van der Waals surface area contributed by atoms with Gasteiger partial charge in [0.25, 0.3) is 0 Å². The summed E-state index contributed by atoms with van der Waals surface area (Å²) in [6.45, 7) is 7.09. The molecule has 20 heavy (non-hydrogen) atoms. The summed E-state index contributed by atoms with van der Waals surface area (Å²) in [4.78, 5) is 13.4. The van der Waals surface area contributed by atoms with Crippen LogP contribution in [0.4, 0.5) is 0 Å². The minimum atomic E-state index is -0.143. The largest absolute Gasteiger partial charge is 0.355 e. The molecule has 4 heteroatoms. The molecule has 0 aliphatic heterocycles. The summed E-state index contributed by atoms with van der Waals surface area (Å²) in [6, 6.07) is 4.36. The topological polar surface area (TPSA) is 41.1 Å². The summed E-state index contributed by atoms with van der Waals surface area (Å²) in [5.41, 5.74) is 0. The Hall–Kier alpha value is -0.870. The van der Waals surface area contributed by atoms with Gasteiger partial charge in [-0.2, -0.15) is 0 Å². The lowest BCUT2D eigenvalue weighted by molar-refractivity contribution is -0.122. The molecule has 1 amide bonds. The Kier molecular flexibility index (Phi) is 8.54. The second-order valence-electron chi connectivity index (χ2n) is 5.24. The zero-order valence-electron chi connectivity index (χ0n) is 12.9. The van der Waals surface area contributed by atoms with Crippen LogP contribution < -0.4 is 10.6 Å². The standard InChI is InChI=1S/C16H28N2OS/c1-4-6-7-11-17-16(19)13(3)18-14(9-5-2)15-10-8-12-20-15/h8,10,12-14,18H,4-7,9,11H2,1-3H3,(H,17,19). The van der Waals surface area contributed by atoms with Crippen molar-refractivity contribution in [3.8, 4) is 0 Å². The van der Waals surface area contributed by atoms with Crippen LogP contribution >= 0.6 is 11.3 Å². The summed E-state index contributed by atoms with van der Waals surface area (Å²) < 4.78 is 0. The third kappa shape index (κ3) is 6.06. The fourth-order valence-electron chi connectivity index (χ4n) is 2.20. The second-order valence-corrected chi connectivity index (χ2v) is 6.22. The van der Waals surface area contributed by atoms with Crippen LogP contribution in [0.5, 0.6) is 0 Å². The maximum absolute atomic E-state index is 12.0. The van der Waals surface area contributed by atoms with E-state index in [0.717, 1.165) is 25.8 Å². The van der Waals surface area contributed by atoms with Gasteiger partial charge < -0.3 is 5.32 Å². The summed E-state index contributed by atoms with van der Waals surface area (Å²) in [5, 5.41) is 8.56. The van der Waals surface area contributed by atoms with Crippen molar-refractivity contribution in [1.29, 1.82) is 0 Å². The molecule has 1 heterocycles. The number of unbranched alkanes of at least 4 members (excludes halogenated alkanes) is 2. The van der Waals surface area contributed by atoms with Gasteiger partial charge >= 0.3 is 0 Å². The van der Waals surface area contributed by atoms with Gasteiger partial charge in [-0.15, -0.1) is 11.3 Å². The van der Waals surface area contributed by atoms with Crippen molar-refractivity contribution < 1.29 is 4.79 Å². The lowest BCUT2D eigenvalue weighted by Crippen LogP contribution is -2.43. The Morgan fingerprint density at radius 2 is 2.10 bits per heavy atom. The Morgan fingerprint density at radius 1 is 1.30 bits per heavy atom. The van der Waals surface area contributed by atoms with Crippen molar-refractivity contribution in [3.63, 3.8) is 0 Å². The molecule has 0 aromatic carbocycles. The molecular formula is C16H28N2OS. The van der Waals surface area contributed by atoms with Crippen molar-refractivity contribution >= 4 is 17.2 Å². The van der Waals surface area contributed by atoms with Crippen LogP contribution in [0.1, 0.15) is 63.8 Å². The average molecular weight is 296 g/mol. The molecule has 2 N–H and O–H groups in total. The van der Waals surface area contributed by atoms with Crippen LogP contribution in [0.25, 0.3) is 0 Å². The van der Waals surface area contributed by atoms with E-state index in [1.807, 2.05) is 6.92 Å². The highest BCUT2D eigenvalue weighted by atomic mass is 32.1. The molecule has 1 aromatic heterocycles. The molecule has 1 rings (SSSR count). The third-order valence-electron chi connectivity index (χ3n) is 3.39. The summed E-state index contributed by atoms with van der Waals surface area (Å²) in [7, 11) is 0. The van der Waals surface area contributed by atoms with Crippen LogP contribution in [0.2, 0.25) is 0 Å². The SMILES string of the molecule is CCCCCNC(=O)C(C)NC(CCC)c1cccs1. The van der Waals surface area contributed by atoms with Gasteiger partial charge in [-0.05, 0) is 31.2 Å². The van der Waals surface area contributed by atoms with Crippen molar-refractivity contribution in [3.05, 3.63) is 22.4 Å². The molecule has 0 bridgehead atoms. The molecule has 0 spiro atoms. The predicted octanol–water partition coefficient (Wildman–Crippen LogP) is 3.87. The van der Waals surface area contributed by atoms with Gasteiger partial charge in [-0.25, -0.2) is 0 Å². The fraction of sp³-hybridized carbons (Fsp3) is 0.688. The minimum absolute atomic E-state index is 0.110. The molecule has 0 saturated carbocycles. The first-order valence-corrected chi connectivity index (χ1v) is 8.64. The monoisotopic (exact) mass is 296 g/mol. The van der Waals surface area contributed by atoms with Crippen LogP contribution in [-0.4, -0.2) is 18.5 Å². The highest BCUT2D eigenvalue weighted by Crippen LogP contribution is 2.23. The lowest BCUT2D eigenvalue weighted by Gasteiger charge is -2.21. The van der Waals surface area contributed by atoms with Gasteiger partial charge in [0.05, 0.1) is 6.04 Å². The highest BCUT2D eigenvalue weighted by Gasteiger charge is 2.18. The van der Waals surface area contributed by atoms with E-state index in [2.05, 4.69) is 42.0 Å². The van der Waals surface area contributed by atoms with Gasteiger partial charge in [0.2, 0.25) is 5.91 Å². The van der Waals surface area contributed by atoms with Crippen molar-refractivity contribution in [2.75, 3.05) is 6.54 Å². The quantitative estimate of drug-likeness (QED) is 0.643. The van der Waals surface area contributed by atoms with E-state index in [-0.39, 0.29) is 18.0 Å². The van der Waals surface area contributed by atoms with Gasteiger partial charge in [-0.3, -0.25) is 10.1 Å². The average Bonchev–Trinajstić information content (AvgIpc) is 2.96. The molecule has 3 nitrogen and oxygen atoms in total. The first-order chi connectivity index (χ1) is 9.69. The molecule has 0 aliphatic carbocycles. The highest BCUT2D eigenvalue weighted by molar-refractivity contribution is 7.10. The van der Waals surface area contributed by atoms with Crippen LogP contribution in [0.3, 0.4) is 0 Å². The zero-order valence-corrected chi connectivity index (χ0v) is 13.8. The number of carbonyl (C=O) groups is 1. The van der Waals surface area contributed by atoms with Gasteiger partial charge in [0.1, 0.15) is 0 Å². The molecule has 1 aromatic rings. The second kappa shape index (κ2) is 9.94. The number of carbonyl (C=O) groups excluding carboxylic acids is 1. The molecule has 2 atom stereocenters. The van der Waals surface area contributed by atoms with E-state index in [1.165, 1.54) is 17.7 Å². The number of hydrogen-bond acceptors (Lipinski definition) is 3. The molecule has 0 radical (unpaired) electrons.